The molecule has 0 radical (unpaired) electrons. The SMILES string of the molecule is COc1ccc(N(C)C(C)C(C)O)cc1. The Kier molecular flexibility index (Phi) is 3.97. The molecule has 15 heavy (non-hydrogen) atoms. The molecule has 3 heteroatoms. The Morgan fingerprint density at radius 2 is 1.73 bits per heavy atom. The lowest BCUT2D eigenvalue weighted by Gasteiger charge is -2.29. The van der Waals surface area contributed by atoms with Crippen molar-refractivity contribution in [3.63, 3.8) is 0 Å². The van der Waals surface area contributed by atoms with Crippen molar-refractivity contribution in [3.05, 3.63) is 24.3 Å². The molecule has 1 N–H and O–H groups in total. The second-order valence-corrected chi connectivity index (χ2v) is 3.79. The van der Waals surface area contributed by atoms with Gasteiger partial charge in [-0.3, -0.25) is 0 Å². The van der Waals surface area contributed by atoms with Gasteiger partial charge in [-0.25, -0.2) is 0 Å². The van der Waals surface area contributed by atoms with Gasteiger partial charge in [0.05, 0.1) is 19.3 Å². The molecule has 84 valence electrons. The van der Waals surface area contributed by atoms with Crippen molar-refractivity contribution in [2.24, 2.45) is 0 Å². The highest BCUT2D eigenvalue weighted by Crippen LogP contribution is 2.20. The summed E-state index contributed by atoms with van der Waals surface area (Å²) in [4.78, 5) is 2.05. The molecule has 0 fully saturated rings. The minimum absolute atomic E-state index is 0.0957. The van der Waals surface area contributed by atoms with Gasteiger partial charge in [0, 0.05) is 12.7 Å². The van der Waals surface area contributed by atoms with Crippen LogP contribution in [0.1, 0.15) is 13.8 Å². The maximum Gasteiger partial charge on any atom is 0.119 e. The third kappa shape index (κ3) is 2.86. The van der Waals surface area contributed by atoms with Gasteiger partial charge in [-0.05, 0) is 38.1 Å². The highest BCUT2D eigenvalue weighted by molar-refractivity contribution is 5.49. The van der Waals surface area contributed by atoms with E-state index in [-0.39, 0.29) is 12.1 Å². The largest absolute Gasteiger partial charge is 0.497 e. The first-order valence-electron chi connectivity index (χ1n) is 5.11. The minimum Gasteiger partial charge on any atom is -0.497 e. The highest BCUT2D eigenvalue weighted by Gasteiger charge is 2.14. The molecule has 1 aromatic carbocycles. The molecule has 0 aliphatic carbocycles. The summed E-state index contributed by atoms with van der Waals surface area (Å²) in [6.07, 6.45) is -0.350. The Morgan fingerprint density at radius 3 is 2.13 bits per heavy atom. The van der Waals surface area contributed by atoms with Crippen molar-refractivity contribution in [1.82, 2.24) is 0 Å². The summed E-state index contributed by atoms with van der Waals surface area (Å²) in [6, 6.07) is 7.90. The second-order valence-electron chi connectivity index (χ2n) is 3.79. The Bertz CT molecular complexity index is 295. The Morgan fingerprint density at radius 1 is 1.20 bits per heavy atom. The van der Waals surface area contributed by atoms with E-state index in [4.69, 9.17) is 4.74 Å². The van der Waals surface area contributed by atoms with Gasteiger partial charge in [-0.15, -0.1) is 0 Å². The number of rotatable bonds is 4. The number of nitrogens with zero attached hydrogens (tertiary/aromatic N) is 1. The zero-order chi connectivity index (χ0) is 11.4. The Hall–Kier alpha value is -1.22. The molecule has 0 amide bonds. The first kappa shape index (κ1) is 11.9. The molecule has 0 aliphatic heterocycles. The Balaban J connectivity index is 2.78. The molecule has 0 saturated heterocycles. The molecular weight excluding hydrogens is 190 g/mol. The fourth-order valence-corrected chi connectivity index (χ4v) is 1.38. The van der Waals surface area contributed by atoms with E-state index in [0.717, 1.165) is 11.4 Å². The number of benzene rings is 1. The number of methoxy groups -OCH3 is 1. The van der Waals surface area contributed by atoms with Gasteiger partial charge in [-0.2, -0.15) is 0 Å². The first-order valence-corrected chi connectivity index (χ1v) is 5.11. The summed E-state index contributed by atoms with van der Waals surface area (Å²) >= 11 is 0. The molecule has 0 heterocycles. The number of aliphatic hydroxyl groups is 1. The van der Waals surface area contributed by atoms with Crippen LogP contribution in [0.5, 0.6) is 5.75 Å². The van der Waals surface area contributed by atoms with Crippen LogP contribution >= 0.6 is 0 Å². The summed E-state index contributed by atoms with van der Waals surface area (Å²) < 4.78 is 5.09. The molecule has 1 aromatic rings. The predicted molar refractivity (Wildman–Crippen MR) is 62.5 cm³/mol. The monoisotopic (exact) mass is 209 g/mol. The highest BCUT2D eigenvalue weighted by atomic mass is 16.5. The first-order chi connectivity index (χ1) is 7.06. The zero-order valence-electron chi connectivity index (χ0n) is 9.77. The molecule has 0 saturated carbocycles. The number of ether oxygens (including phenoxy) is 1. The van der Waals surface area contributed by atoms with Crippen LogP contribution in [-0.4, -0.2) is 31.4 Å². The molecule has 0 spiro atoms. The maximum atomic E-state index is 9.49. The third-order valence-electron chi connectivity index (χ3n) is 2.79. The average molecular weight is 209 g/mol. The van der Waals surface area contributed by atoms with Gasteiger partial charge < -0.3 is 14.7 Å². The second kappa shape index (κ2) is 5.03. The number of aliphatic hydroxyl groups excluding tert-OH is 1. The molecule has 0 aliphatic rings. The molecule has 2 unspecified atom stereocenters. The third-order valence-corrected chi connectivity index (χ3v) is 2.79. The van der Waals surface area contributed by atoms with Crippen molar-refractivity contribution < 1.29 is 9.84 Å². The van der Waals surface area contributed by atoms with E-state index < -0.39 is 0 Å². The van der Waals surface area contributed by atoms with Gasteiger partial charge >= 0.3 is 0 Å². The van der Waals surface area contributed by atoms with Crippen LogP contribution in [0.2, 0.25) is 0 Å². The lowest BCUT2D eigenvalue weighted by atomic mass is 10.1. The molecule has 2 atom stereocenters. The lowest BCUT2D eigenvalue weighted by molar-refractivity contribution is 0.168. The Labute approximate surface area is 91.3 Å². The predicted octanol–water partition coefficient (Wildman–Crippen LogP) is 1.90. The van der Waals surface area contributed by atoms with E-state index in [1.54, 1.807) is 14.0 Å². The van der Waals surface area contributed by atoms with Crippen LogP contribution in [0, 0.1) is 0 Å². The molecule has 0 aromatic heterocycles. The number of anilines is 1. The van der Waals surface area contributed by atoms with Crippen molar-refractivity contribution in [1.29, 1.82) is 0 Å². The summed E-state index contributed by atoms with van der Waals surface area (Å²) in [5.41, 5.74) is 1.07. The molecular formula is C12H19NO2. The van der Waals surface area contributed by atoms with Crippen molar-refractivity contribution in [2.75, 3.05) is 19.1 Å². The van der Waals surface area contributed by atoms with E-state index in [1.807, 2.05) is 43.1 Å². The summed E-state index contributed by atoms with van der Waals surface area (Å²) in [6.45, 7) is 3.79. The van der Waals surface area contributed by atoms with Crippen LogP contribution in [0.25, 0.3) is 0 Å². The number of hydrogen-bond donors (Lipinski definition) is 1. The fraction of sp³-hybridized carbons (Fsp3) is 0.500. The zero-order valence-corrected chi connectivity index (χ0v) is 9.77. The van der Waals surface area contributed by atoms with E-state index >= 15 is 0 Å². The molecule has 1 rings (SSSR count). The van der Waals surface area contributed by atoms with E-state index in [2.05, 4.69) is 0 Å². The standard InChI is InChI=1S/C12H19NO2/c1-9(10(2)14)13(3)11-5-7-12(15-4)8-6-11/h5-10,14H,1-4H3. The van der Waals surface area contributed by atoms with Gasteiger partial charge in [0.15, 0.2) is 0 Å². The topological polar surface area (TPSA) is 32.7 Å². The van der Waals surface area contributed by atoms with Crippen LogP contribution in [-0.2, 0) is 0 Å². The van der Waals surface area contributed by atoms with E-state index in [0.29, 0.717) is 0 Å². The van der Waals surface area contributed by atoms with Crippen LogP contribution < -0.4 is 9.64 Å². The fourth-order valence-electron chi connectivity index (χ4n) is 1.38. The van der Waals surface area contributed by atoms with Crippen LogP contribution in [0.15, 0.2) is 24.3 Å². The van der Waals surface area contributed by atoms with Gasteiger partial charge in [0.1, 0.15) is 5.75 Å². The average Bonchev–Trinajstić information content (AvgIpc) is 2.27. The molecule has 0 bridgehead atoms. The normalized spacial score (nSPS) is 14.5. The summed E-state index contributed by atoms with van der Waals surface area (Å²) in [5.74, 6) is 0.844. The summed E-state index contributed by atoms with van der Waals surface area (Å²) in [5, 5.41) is 9.49. The smallest absolute Gasteiger partial charge is 0.119 e. The van der Waals surface area contributed by atoms with E-state index in [1.165, 1.54) is 0 Å². The van der Waals surface area contributed by atoms with Gasteiger partial charge in [0.2, 0.25) is 0 Å². The minimum atomic E-state index is -0.350. The van der Waals surface area contributed by atoms with Gasteiger partial charge in [-0.1, -0.05) is 0 Å². The van der Waals surface area contributed by atoms with E-state index in [9.17, 15) is 5.11 Å². The molecule has 3 nitrogen and oxygen atoms in total. The number of likely N-dealkylation sites (N-methyl/N-ethyl adjacent to an activating group) is 1. The lowest BCUT2D eigenvalue weighted by Crippen LogP contribution is -2.37. The van der Waals surface area contributed by atoms with Crippen LogP contribution in [0.4, 0.5) is 5.69 Å². The van der Waals surface area contributed by atoms with Gasteiger partial charge in [0.25, 0.3) is 0 Å². The summed E-state index contributed by atoms with van der Waals surface area (Å²) in [7, 11) is 3.62. The van der Waals surface area contributed by atoms with Crippen molar-refractivity contribution >= 4 is 5.69 Å². The number of hydrogen-bond acceptors (Lipinski definition) is 3. The van der Waals surface area contributed by atoms with Crippen LogP contribution in [0.3, 0.4) is 0 Å². The quantitative estimate of drug-likeness (QED) is 0.822. The van der Waals surface area contributed by atoms with Crippen molar-refractivity contribution in [3.8, 4) is 5.75 Å². The maximum absolute atomic E-state index is 9.49. The van der Waals surface area contributed by atoms with Crippen molar-refractivity contribution in [2.45, 2.75) is 26.0 Å².